The van der Waals surface area contributed by atoms with Crippen molar-refractivity contribution in [3.8, 4) is 5.75 Å². The molecule has 1 aliphatic heterocycles. The van der Waals surface area contributed by atoms with Crippen LogP contribution in [-0.4, -0.2) is 44.2 Å². The van der Waals surface area contributed by atoms with E-state index in [9.17, 15) is 4.79 Å². The van der Waals surface area contributed by atoms with Crippen LogP contribution < -0.4 is 15.4 Å². The lowest BCUT2D eigenvalue weighted by Gasteiger charge is -2.24. The molecule has 0 spiro atoms. The quantitative estimate of drug-likeness (QED) is 0.846. The van der Waals surface area contributed by atoms with Crippen LogP contribution in [0, 0.1) is 0 Å². The molecule has 0 aliphatic carbocycles. The molecule has 24 heavy (non-hydrogen) atoms. The molecule has 1 aliphatic rings. The van der Waals surface area contributed by atoms with Gasteiger partial charge in [0, 0.05) is 13.0 Å². The molecule has 5 nitrogen and oxygen atoms in total. The summed E-state index contributed by atoms with van der Waals surface area (Å²) >= 11 is 1.67. The van der Waals surface area contributed by atoms with Crippen molar-refractivity contribution in [1.82, 2.24) is 15.5 Å². The molecule has 1 aromatic heterocycles. The monoisotopic (exact) mass is 345 g/mol. The molecule has 0 saturated carbocycles. The van der Waals surface area contributed by atoms with E-state index in [1.54, 1.807) is 11.3 Å². The van der Waals surface area contributed by atoms with Gasteiger partial charge in [-0.2, -0.15) is 11.3 Å². The summed E-state index contributed by atoms with van der Waals surface area (Å²) in [5.41, 5.74) is 2.43. The highest BCUT2D eigenvalue weighted by molar-refractivity contribution is 7.07. The summed E-state index contributed by atoms with van der Waals surface area (Å²) in [6.07, 6.45) is 0.848. The van der Waals surface area contributed by atoms with Crippen molar-refractivity contribution in [2.45, 2.75) is 18.6 Å². The Hall–Kier alpha value is -2.05. The van der Waals surface area contributed by atoms with Gasteiger partial charge in [0.25, 0.3) is 0 Å². The summed E-state index contributed by atoms with van der Waals surface area (Å²) in [6.45, 7) is 1.08. The highest BCUT2D eigenvalue weighted by Crippen LogP contribution is 2.27. The van der Waals surface area contributed by atoms with Gasteiger partial charge in [-0.1, -0.05) is 18.2 Å². The fourth-order valence-electron chi connectivity index (χ4n) is 2.89. The number of amides is 2. The Labute approximate surface area is 146 Å². The van der Waals surface area contributed by atoms with Gasteiger partial charge in [-0.25, -0.2) is 4.79 Å². The molecule has 2 amide bonds. The zero-order chi connectivity index (χ0) is 16.9. The molecule has 2 atom stereocenters. The second-order valence-corrected chi connectivity index (χ2v) is 6.96. The Morgan fingerprint density at radius 1 is 1.33 bits per heavy atom. The first-order valence-electron chi connectivity index (χ1n) is 8.08. The maximum atomic E-state index is 12.1. The summed E-state index contributed by atoms with van der Waals surface area (Å²) in [6, 6.07) is 10.1. The van der Waals surface area contributed by atoms with Gasteiger partial charge in [0.15, 0.2) is 0 Å². The summed E-state index contributed by atoms with van der Waals surface area (Å²) in [7, 11) is 4.04. The van der Waals surface area contributed by atoms with Gasteiger partial charge in [-0.05, 0) is 48.1 Å². The zero-order valence-electron chi connectivity index (χ0n) is 14.0. The molecular formula is C18H23N3O2S. The Bertz CT molecular complexity index is 648. The third-order valence-corrected chi connectivity index (χ3v) is 4.91. The zero-order valence-corrected chi connectivity index (χ0v) is 14.8. The third kappa shape index (κ3) is 4.07. The lowest BCUT2D eigenvalue weighted by atomic mass is 10.1. The molecule has 2 N–H and O–H groups in total. The fourth-order valence-corrected chi connectivity index (χ4v) is 3.60. The maximum absolute atomic E-state index is 12.1. The second-order valence-electron chi connectivity index (χ2n) is 6.18. The number of benzene rings is 1. The maximum Gasteiger partial charge on any atom is 0.314 e. The van der Waals surface area contributed by atoms with Gasteiger partial charge in [0.05, 0.1) is 12.6 Å². The number of thiophene rings is 1. The molecule has 1 aromatic carbocycles. The van der Waals surface area contributed by atoms with Crippen molar-refractivity contribution < 1.29 is 9.53 Å². The number of para-hydroxylation sites is 1. The van der Waals surface area contributed by atoms with Gasteiger partial charge in [-0.15, -0.1) is 0 Å². The predicted octanol–water partition coefficient (Wildman–Crippen LogP) is 2.65. The molecule has 0 bridgehead atoms. The van der Waals surface area contributed by atoms with Crippen molar-refractivity contribution in [1.29, 1.82) is 0 Å². The summed E-state index contributed by atoms with van der Waals surface area (Å²) in [5, 5.41) is 10.0. The number of urea groups is 1. The minimum atomic E-state index is -0.156. The number of carbonyl (C=O) groups is 1. The van der Waals surface area contributed by atoms with Crippen LogP contribution in [0.3, 0.4) is 0 Å². The minimum absolute atomic E-state index is 0.00895. The SMILES string of the molecule is CN(C)[C@@H](CNC(=O)NC[C@H]1Cc2ccccc2O1)c1ccsc1. The average Bonchev–Trinajstić information content (AvgIpc) is 3.22. The first kappa shape index (κ1) is 16.8. The van der Waals surface area contributed by atoms with E-state index in [0.717, 1.165) is 12.2 Å². The van der Waals surface area contributed by atoms with Crippen LogP contribution in [0.1, 0.15) is 17.2 Å². The molecule has 0 fully saturated rings. The minimum Gasteiger partial charge on any atom is -0.488 e. The highest BCUT2D eigenvalue weighted by Gasteiger charge is 2.23. The van der Waals surface area contributed by atoms with Crippen LogP contribution in [-0.2, 0) is 6.42 Å². The molecule has 2 aromatic rings. The number of ether oxygens (including phenoxy) is 1. The smallest absolute Gasteiger partial charge is 0.314 e. The van der Waals surface area contributed by atoms with Crippen molar-refractivity contribution >= 4 is 17.4 Å². The first-order chi connectivity index (χ1) is 11.6. The molecule has 6 heteroatoms. The highest BCUT2D eigenvalue weighted by atomic mass is 32.1. The number of carbonyl (C=O) groups excluding carboxylic acids is 1. The van der Waals surface area contributed by atoms with E-state index < -0.39 is 0 Å². The molecule has 3 rings (SSSR count). The van der Waals surface area contributed by atoms with E-state index in [-0.39, 0.29) is 18.2 Å². The summed E-state index contributed by atoms with van der Waals surface area (Å²) in [5.74, 6) is 0.926. The summed E-state index contributed by atoms with van der Waals surface area (Å²) in [4.78, 5) is 14.2. The molecule has 128 valence electrons. The number of fused-ring (bicyclic) bond motifs is 1. The van der Waals surface area contributed by atoms with Crippen molar-refractivity contribution in [3.05, 3.63) is 52.2 Å². The number of nitrogens with zero attached hydrogens (tertiary/aromatic N) is 1. The molecular weight excluding hydrogens is 322 g/mol. The van der Waals surface area contributed by atoms with Crippen molar-refractivity contribution in [3.63, 3.8) is 0 Å². The van der Waals surface area contributed by atoms with E-state index in [1.165, 1.54) is 11.1 Å². The van der Waals surface area contributed by atoms with E-state index in [0.29, 0.717) is 13.1 Å². The van der Waals surface area contributed by atoms with Crippen LogP contribution >= 0.6 is 11.3 Å². The van der Waals surface area contributed by atoms with Crippen molar-refractivity contribution in [2.75, 3.05) is 27.2 Å². The van der Waals surface area contributed by atoms with Crippen molar-refractivity contribution in [2.24, 2.45) is 0 Å². The summed E-state index contributed by atoms with van der Waals surface area (Å²) < 4.78 is 5.83. The second kappa shape index (κ2) is 7.68. The lowest BCUT2D eigenvalue weighted by Crippen LogP contribution is -2.43. The first-order valence-corrected chi connectivity index (χ1v) is 9.02. The lowest BCUT2D eigenvalue weighted by molar-refractivity contribution is 0.210. The number of hydrogen-bond donors (Lipinski definition) is 2. The Morgan fingerprint density at radius 2 is 2.17 bits per heavy atom. The van der Waals surface area contributed by atoms with Crippen LogP contribution in [0.15, 0.2) is 41.1 Å². The van der Waals surface area contributed by atoms with Crippen LogP contribution in [0.5, 0.6) is 5.75 Å². The van der Waals surface area contributed by atoms with Crippen LogP contribution in [0.25, 0.3) is 0 Å². The van der Waals surface area contributed by atoms with E-state index in [4.69, 9.17) is 4.74 Å². The normalized spacial score (nSPS) is 17.2. The van der Waals surface area contributed by atoms with Gasteiger partial charge < -0.3 is 20.3 Å². The van der Waals surface area contributed by atoms with Crippen LogP contribution in [0.2, 0.25) is 0 Å². The van der Waals surface area contributed by atoms with Gasteiger partial charge in [-0.3, -0.25) is 0 Å². The largest absolute Gasteiger partial charge is 0.488 e. The topological polar surface area (TPSA) is 53.6 Å². The number of nitrogens with one attached hydrogen (secondary N) is 2. The Balaban J connectivity index is 1.43. The van der Waals surface area contributed by atoms with Gasteiger partial charge >= 0.3 is 6.03 Å². The third-order valence-electron chi connectivity index (χ3n) is 4.21. The van der Waals surface area contributed by atoms with Crippen LogP contribution in [0.4, 0.5) is 4.79 Å². The standard InChI is InChI=1S/C18H23N3O2S/c1-21(2)16(14-7-8-24-12-14)11-20-18(22)19-10-15-9-13-5-3-4-6-17(13)23-15/h3-8,12,15-16H,9-11H2,1-2H3,(H2,19,20,22)/t15-,16+/m1/s1. The molecule has 2 heterocycles. The molecule has 0 unspecified atom stereocenters. The van der Waals surface area contributed by atoms with Gasteiger partial charge in [0.2, 0.25) is 0 Å². The predicted molar refractivity (Wildman–Crippen MR) is 96.7 cm³/mol. The number of rotatable bonds is 6. The van der Waals surface area contributed by atoms with Gasteiger partial charge in [0.1, 0.15) is 11.9 Å². The van der Waals surface area contributed by atoms with E-state index in [1.807, 2.05) is 32.3 Å². The van der Waals surface area contributed by atoms with E-state index in [2.05, 4.69) is 38.4 Å². The molecule has 0 radical (unpaired) electrons. The molecule has 0 saturated heterocycles. The fraction of sp³-hybridized carbons (Fsp3) is 0.389. The number of hydrogen-bond acceptors (Lipinski definition) is 4. The Morgan fingerprint density at radius 3 is 2.88 bits per heavy atom. The average molecular weight is 345 g/mol. The van der Waals surface area contributed by atoms with E-state index >= 15 is 0 Å². The Kier molecular flexibility index (Phi) is 5.37. The number of likely N-dealkylation sites (N-methyl/N-ethyl adjacent to an activating group) is 1.